The first-order valence-electron chi connectivity index (χ1n) is 4.60. The van der Waals surface area contributed by atoms with E-state index < -0.39 is 5.97 Å². The molecule has 0 aromatic carbocycles. The van der Waals surface area contributed by atoms with E-state index in [4.69, 9.17) is 5.11 Å². The van der Waals surface area contributed by atoms with Crippen LogP contribution in [0.1, 0.15) is 10.6 Å². The van der Waals surface area contributed by atoms with Crippen LogP contribution in [0.4, 0.5) is 0 Å². The van der Waals surface area contributed by atoms with E-state index in [2.05, 4.69) is 20.1 Å². The van der Waals surface area contributed by atoms with E-state index in [-0.39, 0.29) is 11.6 Å². The number of carbonyl (C=O) groups is 1. The van der Waals surface area contributed by atoms with Crippen LogP contribution in [0.2, 0.25) is 0 Å². The van der Waals surface area contributed by atoms with Crippen molar-refractivity contribution in [1.82, 2.24) is 24.6 Å². The molecule has 3 heterocycles. The summed E-state index contributed by atoms with van der Waals surface area (Å²) < 4.78 is 1.38. The van der Waals surface area contributed by atoms with Crippen molar-refractivity contribution in [2.45, 2.75) is 0 Å². The lowest BCUT2D eigenvalue weighted by molar-refractivity contribution is 0.0684. The second-order valence-electron chi connectivity index (χ2n) is 3.12. The quantitative estimate of drug-likeness (QED) is 0.724. The molecule has 7 nitrogen and oxygen atoms in total. The van der Waals surface area contributed by atoms with Crippen LogP contribution in [-0.4, -0.2) is 35.6 Å². The van der Waals surface area contributed by atoms with Gasteiger partial charge in [0.15, 0.2) is 0 Å². The van der Waals surface area contributed by atoms with Crippen LogP contribution in [0.5, 0.6) is 0 Å². The number of nitrogens with zero attached hydrogens (tertiary/aromatic N) is 5. The van der Waals surface area contributed by atoms with Crippen LogP contribution in [0, 0.1) is 0 Å². The van der Waals surface area contributed by atoms with E-state index in [1.807, 2.05) is 5.38 Å². The predicted octanol–water partition coefficient (Wildman–Crippen LogP) is 0.946. The number of rotatable bonds is 2. The van der Waals surface area contributed by atoms with Crippen molar-refractivity contribution >= 4 is 23.1 Å². The van der Waals surface area contributed by atoms with Gasteiger partial charge in [-0.05, 0) is 6.07 Å². The summed E-state index contributed by atoms with van der Waals surface area (Å²) in [6.45, 7) is 0. The van der Waals surface area contributed by atoms with Gasteiger partial charge in [0.2, 0.25) is 0 Å². The molecule has 3 rings (SSSR count). The standard InChI is InChI=1S/C9H5N5O2S/c15-8(16)6-12-9-11-2-1-5(14(9)13-6)7-10-3-4-17-7/h1-4H,(H,15,16). The Morgan fingerprint density at radius 1 is 1.35 bits per heavy atom. The SMILES string of the molecule is O=C(O)c1nc2nccc(-c3nccs3)n2n1. The number of fused-ring (bicyclic) bond motifs is 1. The zero-order valence-electron chi connectivity index (χ0n) is 8.31. The summed E-state index contributed by atoms with van der Waals surface area (Å²) in [4.78, 5) is 22.7. The Bertz CT molecular complexity index is 691. The first kappa shape index (κ1) is 9.85. The number of aromatic nitrogens is 5. The summed E-state index contributed by atoms with van der Waals surface area (Å²) in [5.41, 5.74) is 0.671. The predicted molar refractivity (Wildman–Crippen MR) is 58.8 cm³/mol. The Kier molecular flexibility index (Phi) is 2.08. The summed E-state index contributed by atoms with van der Waals surface area (Å²) >= 11 is 1.43. The topological polar surface area (TPSA) is 93.3 Å². The summed E-state index contributed by atoms with van der Waals surface area (Å²) in [5, 5.41) is 15.3. The normalized spacial score (nSPS) is 10.8. The van der Waals surface area contributed by atoms with Crippen LogP contribution < -0.4 is 0 Å². The molecule has 84 valence electrons. The van der Waals surface area contributed by atoms with E-state index in [9.17, 15) is 4.79 Å². The Morgan fingerprint density at radius 2 is 2.24 bits per heavy atom. The van der Waals surface area contributed by atoms with Gasteiger partial charge in [-0.25, -0.2) is 14.8 Å². The molecule has 0 unspecified atom stereocenters. The van der Waals surface area contributed by atoms with Crippen LogP contribution in [0.15, 0.2) is 23.8 Å². The van der Waals surface area contributed by atoms with Gasteiger partial charge in [0.25, 0.3) is 11.6 Å². The average Bonchev–Trinajstić information content (AvgIpc) is 2.97. The number of thiazole rings is 1. The van der Waals surface area contributed by atoms with Gasteiger partial charge < -0.3 is 5.11 Å². The van der Waals surface area contributed by atoms with E-state index >= 15 is 0 Å². The zero-order valence-corrected chi connectivity index (χ0v) is 9.13. The minimum absolute atomic E-state index is 0.245. The zero-order chi connectivity index (χ0) is 11.8. The highest BCUT2D eigenvalue weighted by Crippen LogP contribution is 2.20. The molecule has 0 aliphatic heterocycles. The number of carboxylic acids is 1. The van der Waals surface area contributed by atoms with Gasteiger partial charge in [0.05, 0.1) is 0 Å². The van der Waals surface area contributed by atoms with Gasteiger partial charge in [-0.2, -0.15) is 9.50 Å². The molecular weight excluding hydrogens is 242 g/mol. The third kappa shape index (κ3) is 1.54. The first-order chi connectivity index (χ1) is 8.25. The fourth-order valence-corrected chi connectivity index (χ4v) is 2.04. The molecule has 0 fully saturated rings. The van der Waals surface area contributed by atoms with Gasteiger partial charge in [0.1, 0.15) is 10.7 Å². The fourth-order valence-electron chi connectivity index (χ4n) is 1.40. The number of hydrogen-bond acceptors (Lipinski definition) is 6. The second kappa shape index (κ2) is 3.59. The van der Waals surface area contributed by atoms with Crippen LogP contribution in [-0.2, 0) is 0 Å². The molecule has 3 aromatic heterocycles. The van der Waals surface area contributed by atoms with Crippen LogP contribution in [0.3, 0.4) is 0 Å². The molecule has 0 saturated heterocycles. The molecule has 0 aliphatic rings. The van der Waals surface area contributed by atoms with Gasteiger partial charge in [-0.1, -0.05) is 0 Å². The molecule has 0 aliphatic carbocycles. The molecule has 0 atom stereocenters. The first-order valence-corrected chi connectivity index (χ1v) is 5.48. The molecule has 17 heavy (non-hydrogen) atoms. The molecule has 0 amide bonds. The van der Waals surface area contributed by atoms with Crippen molar-refractivity contribution in [1.29, 1.82) is 0 Å². The summed E-state index contributed by atoms with van der Waals surface area (Å²) in [6.07, 6.45) is 3.22. The lowest BCUT2D eigenvalue weighted by Crippen LogP contribution is -2.00. The molecule has 0 saturated carbocycles. The second-order valence-corrected chi connectivity index (χ2v) is 4.01. The van der Waals surface area contributed by atoms with Crippen molar-refractivity contribution in [3.05, 3.63) is 29.7 Å². The average molecular weight is 247 g/mol. The number of carboxylic acid groups (broad SMARTS) is 1. The smallest absolute Gasteiger partial charge is 0.375 e. The minimum atomic E-state index is -1.18. The van der Waals surface area contributed by atoms with E-state index in [0.29, 0.717) is 5.69 Å². The maximum Gasteiger partial charge on any atom is 0.375 e. The van der Waals surface area contributed by atoms with E-state index in [0.717, 1.165) is 5.01 Å². The summed E-state index contributed by atoms with van der Waals surface area (Å²) in [6, 6.07) is 1.71. The Balaban J connectivity index is 2.29. The Hall–Kier alpha value is -2.35. The maximum absolute atomic E-state index is 10.8. The van der Waals surface area contributed by atoms with Crippen molar-refractivity contribution in [2.24, 2.45) is 0 Å². The molecule has 0 bridgehead atoms. The van der Waals surface area contributed by atoms with Gasteiger partial charge in [-0.3, -0.25) is 0 Å². The lowest BCUT2D eigenvalue weighted by Gasteiger charge is -1.97. The minimum Gasteiger partial charge on any atom is -0.475 e. The highest BCUT2D eigenvalue weighted by Gasteiger charge is 2.15. The molecule has 0 spiro atoms. The summed E-state index contributed by atoms with van der Waals surface area (Å²) in [5.74, 6) is -1.21. The molecule has 1 N–H and O–H groups in total. The molecule has 8 heteroatoms. The van der Waals surface area contributed by atoms with Crippen molar-refractivity contribution in [3.8, 4) is 10.7 Å². The van der Waals surface area contributed by atoms with Crippen molar-refractivity contribution in [2.75, 3.05) is 0 Å². The number of hydrogen-bond donors (Lipinski definition) is 1. The fraction of sp³-hybridized carbons (Fsp3) is 0. The van der Waals surface area contributed by atoms with Crippen LogP contribution in [0.25, 0.3) is 16.5 Å². The van der Waals surface area contributed by atoms with Gasteiger partial charge in [-0.15, -0.1) is 16.4 Å². The molecular formula is C9H5N5O2S. The number of aromatic carboxylic acids is 1. The Labute approximate surface area is 98.4 Å². The van der Waals surface area contributed by atoms with Crippen molar-refractivity contribution in [3.63, 3.8) is 0 Å². The van der Waals surface area contributed by atoms with Gasteiger partial charge >= 0.3 is 5.97 Å². The monoisotopic (exact) mass is 247 g/mol. The largest absolute Gasteiger partial charge is 0.475 e. The molecule has 3 aromatic rings. The highest BCUT2D eigenvalue weighted by molar-refractivity contribution is 7.13. The Morgan fingerprint density at radius 3 is 2.94 bits per heavy atom. The van der Waals surface area contributed by atoms with E-state index in [1.165, 1.54) is 15.9 Å². The van der Waals surface area contributed by atoms with Crippen LogP contribution >= 0.6 is 11.3 Å². The van der Waals surface area contributed by atoms with E-state index in [1.54, 1.807) is 18.5 Å². The summed E-state index contributed by atoms with van der Waals surface area (Å²) in [7, 11) is 0. The third-order valence-corrected chi connectivity index (χ3v) is 2.88. The molecule has 0 radical (unpaired) electrons. The third-order valence-electron chi connectivity index (χ3n) is 2.08. The van der Waals surface area contributed by atoms with Crippen molar-refractivity contribution < 1.29 is 9.90 Å². The lowest BCUT2D eigenvalue weighted by atomic mass is 10.4. The maximum atomic E-state index is 10.8. The van der Waals surface area contributed by atoms with Gasteiger partial charge in [0, 0.05) is 17.8 Å². The highest BCUT2D eigenvalue weighted by atomic mass is 32.1.